The Balaban J connectivity index is 2.68. The molecule has 0 fully saturated rings. The molecule has 0 heterocycles. The third-order valence-corrected chi connectivity index (χ3v) is 2.19. The minimum Gasteiger partial charge on any atom is -0.446 e. The molecule has 0 aliphatic heterocycles. The number of carbonyl (C=O) groups is 1. The van der Waals surface area contributed by atoms with Gasteiger partial charge in [-0.15, -0.1) is 0 Å². The van der Waals surface area contributed by atoms with Crippen LogP contribution in [0, 0.1) is 0 Å². The van der Waals surface area contributed by atoms with Gasteiger partial charge in [0.25, 0.3) is 0 Å². The molecule has 0 aromatic heterocycles. The van der Waals surface area contributed by atoms with Crippen molar-refractivity contribution in [1.82, 2.24) is 5.01 Å². The molecular weight excluding hydrogens is 235 g/mol. The van der Waals surface area contributed by atoms with E-state index in [0.717, 1.165) is 5.01 Å². The van der Waals surface area contributed by atoms with Gasteiger partial charge in [0.05, 0.1) is 19.0 Å². The van der Waals surface area contributed by atoms with Crippen LogP contribution in [0.1, 0.15) is 19.4 Å². The second-order valence-electron chi connectivity index (χ2n) is 4.06. The van der Waals surface area contributed by atoms with Crippen LogP contribution >= 0.6 is 0 Å². The third kappa shape index (κ3) is 4.18. The molecule has 0 spiro atoms. The zero-order valence-corrected chi connectivity index (χ0v) is 10.5. The lowest BCUT2D eigenvalue weighted by molar-refractivity contribution is 0.0807. The topological polar surface area (TPSA) is 55.6 Å². The molecule has 0 aliphatic rings. The molecule has 0 aliphatic carbocycles. The molecule has 0 radical (unpaired) electrons. The molecule has 0 bridgehead atoms. The van der Waals surface area contributed by atoms with Crippen molar-refractivity contribution in [3.63, 3.8) is 0 Å². The maximum atomic E-state index is 12.8. The molecule has 0 saturated heterocycles. The number of hydrazine groups is 1. The second kappa shape index (κ2) is 6.76. The van der Waals surface area contributed by atoms with Crippen molar-refractivity contribution in [2.45, 2.75) is 20.0 Å². The van der Waals surface area contributed by atoms with Crippen LogP contribution in [0.4, 0.5) is 9.18 Å². The SMILES string of the molecule is CC(C)OC(=O)N(N)C/C(=C/F)c1ccccc1. The van der Waals surface area contributed by atoms with Gasteiger partial charge in [-0.1, -0.05) is 30.3 Å². The first-order valence-electron chi connectivity index (χ1n) is 5.62. The summed E-state index contributed by atoms with van der Waals surface area (Å²) >= 11 is 0. The summed E-state index contributed by atoms with van der Waals surface area (Å²) in [5.41, 5.74) is 0.992. The van der Waals surface area contributed by atoms with Gasteiger partial charge >= 0.3 is 6.09 Å². The fraction of sp³-hybridized carbons (Fsp3) is 0.308. The number of nitrogens with two attached hydrogens (primary N) is 1. The zero-order valence-electron chi connectivity index (χ0n) is 10.5. The number of halogens is 1. The van der Waals surface area contributed by atoms with Crippen molar-refractivity contribution in [3.05, 3.63) is 42.2 Å². The van der Waals surface area contributed by atoms with E-state index in [4.69, 9.17) is 10.6 Å². The molecule has 0 atom stereocenters. The summed E-state index contributed by atoms with van der Waals surface area (Å²) in [6, 6.07) is 8.88. The van der Waals surface area contributed by atoms with Crippen molar-refractivity contribution in [2.75, 3.05) is 6.54 Å². The lowest BCUT2D eigenvalue weighted by Crippen LogP contribution is -2.40. The quantitative estimate of drug-likeness (QED) is 0.509. The molecule has 4 nitrogen and oxygen atoms in total. The van der Waals surface area contributed by atoms with Crippen LogP contribution in [0.25, 0.3) is 5.57 Å². The Morgan fingerprint density at radius 1 is 1.44 bits per heavy atom. The summed E-state index contributed by atoms with van der Waals surface area (Å²) in [4.78, 5) is 11.5. The van der Waals surface area contributed by atoms with Gasteiger partial charge in [0, 0.05) is 5.57 Å². The predicted octanol–water partition coefficient (Wildman–Crippen LogP) is 2.72. The minimum absolute atomic E-state index is 0.0495. The van der Waals surface area contributed by atoms with Crippen LogP contribution in [0.3, 0.4) is 0 Å². The Bertz CT molecular complexity index is 418. The molecule has 0 saturated carbocycles. The highest BCUT2D eigenvalue weighted by atomic mass is 19.1. The molecule has 1 aromatic rings. The van der Waals surface area contributed by atoms with Crippen LogP contribution in [0.2, 0.25) is 0 Å². The number of amides is 1. The first-order valence-corrected chi connectivity index (χ1v) is 5.62. The van der Waals surface area contributed by atoms with Crippen LogP contribution in [0.15, 0.2) is 36.7 Å². The van der Waals surface area contributed by atoms with Crippen molar-refractivity contribution in [2.24, 2.45) is 5.84 Å². The highest BCUT2D eigenvalue weighted by Crippen LogP contribution is 2.15. The van der Waals surface area contributed by atoms with Gasteiger partial charge in [-0.05, 0) is 19.4 Å². The Morgan fingerprint density at radius 3 is 2.56 bits per heavy atom. The first kappa shape index (κ1) is 14.2. The molecule has 2 N–H and O–H groups in total. The highest BCUT2D eigenvalue weighted by molar-refractivity contribution is 5.73. The van der Waals surface area contributed by atoms with Crippen LogP contribution in [-0.2, 0) is 4.74 Å². The summed E-state index contributed by atoms with van der Waals surface area (Å²) in [5.74, 6) is 5.53. The molecular formula is C13H17FN2O2. The number of hydrogen-bond donors (Lipinski definition) is 1. The van der Waals surface area contributed by atoms with E-state index < -0.39 is 6.09 Å². The smallest absolute Gasteiger partial charge is 0.424 e. The molecule has 98 valence electrons. The fourth-order valence-electron chi connectivity index (χ4n) is 1.36. The number of rotatable bonds is 4. The van der Waals surface area contributed by atoms with E-state index in [2.05, 4.69) is 0 Å². The molecule has 1 rings (SSSR count). The predicted molar refractivity (Wildman–Crippen MR) is 68.0 cm³/mol. The number of carbonyl (C=O) groups excluding carboxylic acids is 1. The molecule has 0 unspecified atom stereocenters. The van der Waals surface area contributed by atoms with Crippen molar-refractivity contribution >= 4 is 11.7 Å². The fourth-order valence-corrected chi connectivity index (χ4v) is 1.36. The number of ether oxygens (including phenoxy) is 1. The summed E-state index contributed by atoms with van der Waals surface area (Å²) in [7, 11) is 0. The van der Waals surface area contributed by atoms with Crippen LogP contribution < -0.4 is 5.84 Å². The Labute approximate surface area is 106 Å². The second-order valence-corrected chi connectivity index (χ2v) is 4.06. The van der Waals surface area contributed by atoms with E-state index in [1.165, 1.54) is 0 Å². The summed E-state index contributed by atoms with van der Waals surface area (Å²) in [6.45, 7) is 3.38. The van der Waals surface area contributed by atoms with Gasteiger partial charge in [0.1, 0.15) is 0 Å². The monoisotopic (exact) mass is 252 g/mol. The van der Waals surface area contributed by atoms with Crippen molar-refractivity contribution in [3.8, 4) is 0 Å². The zero-order chi connectivity index (χ0) is 13.5. The lowest BCUT2D eigenvalue weighted by atomic mass is 10.1. The standard InChI is InChI=1S/C13H17FN2O2/c1-10(2)18-13(17)16(15)9-12(8-14)11-6-4-3-5-7-11/h3-8,10H,9,15H2,1-2H3/b12-8-. The van der Waals surface area contributed by atoms with Gasteiger partial charge in [0.2, 0.25) is 0 Å². The molecule has 1 amide bonds. The van der Waals surface area contributed by atoms with Crippen molar-refractivity contribution < 1.29 is 13.9 Å². The Morgan fingerprint density at radius 2 is 2.06 bits per heavy atom. The van der Waals surface area contributed by atoms with Gasteiger partial charge in [0.15, 0.2) is 0 Å². The average Bonchev–Trinajstić information content (AvgIpc) is 2.35. The van der Waals surface area contributed by atoms with Gasteiger partial charge in [-0.3, -0.25) is 0 Å². The largest absolute Gasteiger partial charge is 0.446 e. The van der Waals surface area contributed by atoms with Crippen molar-refractivity contribution in [1.29, 1.82) is 0 Å². The average molecular weight is 252 g/mol. The normalized spacial score (nSPS) is 11.5. The van der Waals surface area contributed by atoms with E-state index in [9.17, 15) is 9.18 Å². The Hall–Kier alpha value is -1.88. The summed E-state index contributed by atoms with van der Waals surface area (Å²) < 4.78 is 17.7. The van der Waals surface area contributed by atoms with Crippen LogP contribution in [-0.4, -0.2) is 23.8 Å². The number of benzene rings is 1. The van der Waals surface area contributed by atoms with Crippen LogP contribution in [0.5, 0.6) is 0 Å². The van der Waals surface area contributed by atoms with E-state index in [0.29, 0.717) is 17.5 Å². The molecule has 5 heteroatoms. The maximum absolute atomic E-state index is 12.8. The van der Waals surface area contributed by atoms with E-state index in [1.54, 1.807) is 38.1 Å². The molecule has 1 aromatic carbocycles. The number of nitrogens with zero attached hydrogens (tertiary/aromatic N) is 1. The van der Waals surface area contributed by atoms with E-state index in [1.807, 2.05) is 6.07 Å². The summed E-state index contributed by atoms with van der Waals surface area (Å²) in [5, 5.41) is 0.846. The Kier molecular flexibility index (Phi) is 5.32. The number of hydrogen-bond acceptors (Lipinski definition) is 3. The van der Waals surface area contributed by atoms with Gasteiger partial charge < -0.3 is 4.74 Å². The first-order chi connectivity index (χ1) is 8.54. The lowest BCUT2D eigenvalue weighted by Gasteiger charge is -2.19. The van der Waals surface area contributed by atoms with Gasteiger partial charge in [-0.2, -0.15) is 0 Å². The van der Waals surface area contributed by atoms with Gasteiger partial charge in [-0.25, -0.2) is 20.0 Å². The molecule has 18 heavy (non-hydrogen) atoms. The summed E-state index contributed by atoms with van der Waals surface area (Å²) in [6.07, 6.45) is -0.504. The van der Waals surface area contributed by atoms with E-state index >= 15 is 0 Å². The third-order valence-electron chi connectivity index (χ3n) is 2.19. The minimum atomic E-state index is -0.680. The highest BCUT2D eigenvalue weighted by Gasteiger charge is 2.15. The van der Waals surface area contributed by atoms with E-state index in [-0.39, 0.29) is 12.6 Å². The maximum Gasteiger partial charge on any atom is 0.424 e.